The van der Waals surface area contributed by atoms with Gasteiger partial charge in [0.1, 0.15) is 17.4 Å². The van der Waals surface area contributed by atoms with Gasteiger partial charge in [0.15, 0.2) is 11.5 Å². The first-order valence-corrected chi connectivity index (χ1v) is 6.50. The molecule has 0 aliphatic carbocycles. The first-order valence-electron chi connectivity index (χ1n) is 6.50. The highest BCUT2D eigenvalue weighted by atomic mass is 16.6. The van der Waals surface area contributed by atoms with Crippen LogP contribution in [-0.4, -0.2) is 31.1 Å². The number of fused-ring (bicyclic) bond motifs is 1. The number of esters is 1. The number of hydrogen-bond donors (Lipinski definition) is 1. The topological polar surface area (TPSA) is 95.9 Å². The Hall–Kier alpha value is -2.18. The molecule has 7 heteroatoms. The van der Waals surface area contributed by atoms with Crippen LogP contribution in [0, 0.1) is 0 Å². The quantitative estimate of drug-likeness (QED) is 0.851. The van der Waals surface area contributed by atoms with Crippen LogP contribution >= 0.6 is 0 Å². The van der Waals surface area contributed by atoms with Gasteiger partial charge in [-0.05, 0) is 27.2 Å². The van der Waals surface area contributed by atoms with Gasteiger partial charge >= 0.3 is 5.97 Å². The number of imidazole rings is 1. The molecule has 0 atom stereocenters. The molecule has 0 radical (unpaired) electrons. The van der Waals surface area contributed by atoms with Crippen LogP contribution in [-0.2, 0) is 16.1 Å². The van der Waals surface area contributed by atoms with Crippen molar-refractivity contribution in [2.75, 3.05) is 5.73 Å². The number of rotatable bonds is 4. The van der Waals surface area contributed by atoms with E-state index >= 15 is 0 Å². The first-order chi connectivity index (χ1) is 9.37. The molecule has 0 aromatic carbocycles. The second-order valence-electron chi connectivity index (χ2n) is 5.56. The molecular formula is C13H19N5O2. The predicted molar refractivity (Wildman–Crippen MR) is 74.8 cm³/mol. The van der Waals surface area contributed by atoms with Crippen molar-refractivity contribution in [1.29, 1.82) is 0 Å². The van der Waals surface area contributed by atoms with E-state index in [1.165, 1.54) is 6.33 Å². The summed E-state index contributed by atoms with van der Waals surface area (Å²) >= 11 is 0. The molecule has 0 bridgehead atoms. The zero-order valence-corrected chi connectivity index (χ0v) is 12.0. The van der Waals surface area contributed by atoms with E-state index in [4.69, 9.17) is 10.5 Å². The Morgan fingerprint density at radius 1 is 1.35 bits per heavy atom. The largest absolute Gasteiger partial charge is 0.460 e. The smallest absolute Gasteiger partial charge is 0.306 e. The van der Waals surface area contributed by atoms with E-state index in [1.807, 2.05) is 25.3 Å². The van der Waals surface area contributed by atoms with Gasteiger partial charge in [-0.1, -0.05) is 0 Å². The van der Waals surface area contributed by atoms with E-state index in [0.29, 0.717) is 36.4 Å². The maximum Gasteiger partial charge on any atom is 0.306 e. The van der Waals surface area contributed by atoms with Crippen LogP contribution in [0.5, 0.6) is 0 Å². The molecule has 2 heterocycles. The van der Waals surface area contributed by atoms with E-state index in [-0.39, 0.29) is 5.97 Å². The van der Waals surface area contributed by atoms with Gasteiger partial charge in [-0.15, -0.1) is 0 Å². The number of aromatic nitrogens is 4. The number of nitrogen functional groups attached to an aromatic ring is 1. The Kier molecular flexibility index (Phi) is 3.87. The molecule has 108 valence electrons. The van der Waals surface area contributed by atoms with E-state index in [1.54, 1.807) is 6.33 Å². The summed E-state index contributed by atoms with van der Waals surface area (Å²) in [5.74, 6) is 0.164. The van der Waals surface area contributed by atoms with Gasteiger partial charge in [-0.25, -0.2) is 15.0 Å². The summed E-state index contributed by atoms with van der Waals surface area (Å²) in [5.41, 5.74) is 6.54. The SMILES string of the molecule is CC(C)(C)OC(=O)CCCn1cnc2c(N)ncnc21. The van der Waals surface area contributed by atoms with Crippen molar-refractivity contribution < 1.29 is 9.53 Å². The number of nitrogens with two attached hydrogens (primary N) is 1. The highest BCUT2D eigenvalue weighted by Crippen LogP contribution is 2.15. The summed E-state index contributed by atoms with van der Waals surface area (Å²) < 4.78 is 7.11. The Bertz CT molecular complexity index is 615. The second-order valence-corrected chi connectivity index (χ2v) is 5.56. The van der Waals surface area contributed by atoms with Crippen LogP contribution in [0.4, 0.5) is 5.82 Å². The monoisotopic (exact) mass is 277 g/mol. The van der Waals surface area contributed by atoms with Crippen LogP contribution in [0.2, 0.25) is 0 Å². The summed E-state index contributed by atoms with van der Waals surface area (Å²) in [4.78, 5) is 23.8. The van der Waals surface area contributed by atoms with Crippen molar-refractivity contribution >= 4 is 23.0 Å². The zero-order chi connectivity index (χ0) is 14.8. The number of carbonyl (C=O) groups is 1. The average Bonchev–Trinajstić information content (AvgIpc) is 2.72. The summed E-state index contributed by atoms with van der Waals surface area (Å²) in [6.07, 6.45) is 4.08. The summed E-state index contributed by atoms with van der Waals surface area (Å²) in [7, 11) is 0. The molecule has 2 rings (SSSR count). The molecule has 0 spiro atoms. The third-order valence-corrected chi connectivity index (χ3v) is 2.63. The lowest BCUT2D eigenvalue weighted by molar-refractivity contribution is -0.154. The van der Waals surface area contributed by atoms with Gasteiger partial charge in [0.2, 0.25) is 0 Å². The fraction of sp³-hybridized carbons (Fsp3) is 0.538. The summed E-state index contributed by atoms with van der Waals surface area (Å²) in [5, 5.41) is 0. The number of nitrogens with zero attached hydrogens (tertiary/aromatic N) is 4. The number of aryl methyl sites for hydroxylation is 1. The number of ether oxygens (including phenoxy) is 1. The van der Waals surface area contributed by atoms with Gasteiger partial charge in [0.25, 0.3) is 0 Å². The van der Waals surface area contributed by atoms with Gasteiger partial charge in [-0.2, -0.15) is 0 Å². The van der Waals surface area contributed by atoms with Crippen LogP contribution in [0.1, 0.15) is 33.6 Å². The lowest BCUT2D eigenvalue weighted by atomic mass is 10.2. The van der Waals surface area contributed by atoms with Gasteiger partial charge < -0.3 is 15.0 Å². The highest BCUT2D eigenvalue weighted by Gasteiger charge is 2.16. The Balaban J connectivity index is 1.94. The molecule has 0 fully saturated rings. The van der Waals surface area contributed by atoms with Crippen molar-refractivity contribution in [3.63, 3.8) is 0 Å². The van der Waals surface area contributed by atoms with Crippen LogP contribution in [0.25, 0.3) is 11.2 Å². The molecule has 0 aliphatic rings. The van der Waals surface area contributed by atoms with Crippen LogP contribution in [0.15, 0.2) is 12.7 Å². The highest BCUT2D eigenvalue weighted by molar-refractivity contribution is 5.81. The molecule has 2 N–H and O–H groups in total. The van der Waals surface area contributed by atoms with Gasteiger partial charge in [0, 0.05) is 13.0 Å². The fourth-order valence-electron chi connectivity index (χ4n) is 1.85. The van der Waals surface area contributed by atoms with E-state index in [0.717, 1.165) is 0 Å². The Morgan fingerprint density at radius 2 is 2.10 bits per heavy atom. The summed E-state index contributed by atoms with van der Waals surface area (Å²) in [6, 6.07) is 0. The minimum absolute atomic E-state index is 0.198. The third-order valence-electron chi connectivity index (χ3n) is 2.63. The molecule has 0 aliphatic heterocycles. The Labute approximate surface area is 117 Å². The molecule has 0 amide bonds. The van der Waals surface area contributed by atoms with Gasteiger partial charge in [0.05, 0.1) is 6.33 Å². The molecular weight excluding hydrogens is 258 g/mol. The molecule has 0 unspecified atom stereocenters. The van der Waals surface area contributed by atoms with Crippen molar-refractivity contribution in [2.45, 2.75) is 45.8 Å². The standard InChI is InChI=1S/C13H19N5O2/c1-13(2,3)20-9(19)5-4-6-18-8-17-10-11(14)15-7-16-12(10)18/h7-8H,4-6H2,1-3H3,(H2,14,15,16). The maximum absolute atomic E-state index is 11.6. The van der Waals surface area contributed by atoms with Crippen LogP contribution < -0.4 is 5.73 Å². The third kappa shape index (κ3) is 3.43. The lowest BCUT2D eigenvalue weighted by Gasteiger charge is -2.19. The van der Waals surface area contributed by atoms with Crippen molar-refractivity contribution in [3.8, 4) is 0 Å². The second kappa shape index (κ2) is 5.44. The van der Waals surface area contributed by atoms with E-state index in [2.05, 4.69) is 15.0 Å². The van der Waals surface area contributed by atoms with E-state index in [9.17, 15) is 4.79 Å². The van der Waals surface area contributed by atoms with Crippen LogP contribution in [0.3, 0.4) is 0 Å². The number of hydrogen-bond acceptors (Lipinski definition) is 6. The molecule has 20 heavy (non-hydrogen) atoms. The maximum atomic E-state index is 11.6. The molecule has 0 saturated heterocycles. The van der Waals surface area contributed by atoms with Crippen molar-refractivity contribution in [1.82, 2.24) is 19.5 Å². The molecule has 2 aromatic rings. The predicted octanol–water partition coefficient (Wildman–Crippen LogP) is 1.53. The minimum Gasteiger partial charge on any atom is -0.460 e. The van der Waals surface area contributed by atoms with Crippen molar-refractivity contribution in [2.24, 2.45) is 0 Å². The lowest BCUT2D eigenvalue weighted by Crippen LogP contribution is -2.23. The molecule has 7 nitrogen and oxygen atoms in total. The zero-order valence-electron chi connectivity index (χ0n) is 12.0. The minimum atomic E-state index is -0.444. The van der Waals surface area contributed by atoms with Gasteiger partial charge in [-0.3, -0.25) is 4.79 Å². The van der Waals surface area contributed by atoms with E-state index < -0.39 is 5.60 Å². The molecule has 0 saturated carbocycles. The average molecular weight is 277 g/mol. The molecule has 2 aromatic heterocycles. The summed E-state index contributed by atoms with van der Waals surface area (Å²) in [6.45, 7) is 6.20. The fourth-order valence-corrected chi connectivity index (χ4v) is 1.85. The normalized spacial score (nSPS) is 11.8. The first kappa shape index (κ1) is 14.2. The Morgan fingerprint density at radius 3 is 2.80 bits per heavy atom. The van der Waals surface area contributed by atoms with Crippen molar-refractivity contribution in [3.05, 3.63) is 12.7 Å². The number of anilines is 1. The number of carbonyl (C=O) groups excluding carboxylic acids is 1.